The first-order chi connectivity index (χ1) is 17.1. The van der Waals surface area contributed by atoms with Crippen molar-refractivity contribution in [3.05, 3.63) is 41.4 Å². The number of aryl methyl sites for hydroxylation is 1. The normalized spacial score (nSPS) is 30.5. The van der Waals surface area contributed by atoms with Gasteiger partial charge in [0.05, 0.1) is 27.3 Å². The van der Waals surface area contributed by atoms with Gasteiger partial charge in [0, 0.05) is 24.4 Å². The summed E-state index contributed by atoms with van der Waals surface area (Å²) in [6, 6.07) is 4.68. The molecular formula is C27H35ClN2O5S. The summed E-state index contributed by atoms with van der Waals surface area (Å²) in [5, 5.41) is 19.7. The predicted octanol–water partition coefficient (Wildman–Crippen LogP) is 4.29. The van der Waals surface area contributed by atoms with E-state index in [0.29, 0.717) is 42.9 Å². The van der Waals surface area contributed by atoms with Gasteiger partial charge in [-0.3, -0.25) is 14.4 Å². The number of hydrogen-bond acceptors (Lipinski definition) is 5. The van der Waals surface area contributed by atoms with Gasteiger partial charge in [-0.1, -0.05) is 42.7 Å². The van der Waals surface area contributed by atoms with Crippen LogP contribution < -0.4 is 4.90 Å². The Hall–Kier alpha value is -2.03. The molecule has 5 atom stereocenters. The van der Waals surface area contributed by atoms with E-state index < -0.39 is 33.3 Å². The Bertz CT molecular complexity index is 1050. The smallest absolute Gasteiger partial charge is 0.308 e. The van der Waals surface area contributed by atoms with Gasteiger partial charge in [-0.2, -0.15) is 0 Å². The third-order valence-corrected chi connectivity index (χ3v) is 10.4. The lowest BCUT2D eigenvalue weighted by atomic mass is 9.66. The summed E-state index contributed by atoms with van der Waals surface area (Å²) in [6.07, 6.45) is 5.94. The van der Waals surface area contributed by atoms with Gasteiger partial charge in [-0.15, -0.1) is 18.3 Å². The van der Waals surface area contributed by atoms with Gasteiger partial charge >= 0.3 is 5.97 Å². The Labute approximate surface area is 221 Å². The molecular weight excluding hydrogens is 500 g/mol. The molecule has 1 aromatic carbocycles. The molecule has 3 aliphatic heterocycles. The SMILES string of the molecule is C=CCN(C(=O)C1N(CCCCCCO)C(=O)[C@@H]2[C@H](C(=O)O)[C@]3(C)CCC12S3)c1c(C)cccc1Cl. The molecule has 3 heterocycles. The zero-order valence-corrected chi connectivity index (χ0v) is 22.5. The molecule has 1 spiro atoms. The maximum absolute atomic E-state index is 14.5. The van der Waals surface area contributed by atoms with Gasteiger partial charge in [0.1, 0.15) is 6.04 Å². The first kappa shape index (κ1) is 27.0. The molecule has 0 aliphatic carbocycles. The number of aliphatic hydroxyl groups excluding tert-OH is 1. The minimum atomic E-state index is -0.967. The van der Waals surface area contributed by atoms with Gasteiger partial charge in [-0.25, -0.2) is 0 Å². The van der Waals surface area contributed by atoms with Crippen LogP contribution in [0.5, 0.6) is 0 Å². The molecule has 0 aromatic heterocycles. The number of para-hydroxylation sites is 1. The van der Waals surface area contributed by atoms with E-state index in [1.54, 1.807) is 21.9 Å². The summed E-state index contributed by atoms with van der Waals surface area (Å²) >= 11 is 8.11. The number of hydrogen-bond donors (Lipinski definition) is 2. The molecule has 0 radical (unpaired) electrons. The Kier molecular flexibility index (Phi) is 7.79. The standard InChI is InChI=1S/C27H35ClN2O5S/c1-4-14-29(21-17(2)10-9-11-18(21)28)24(33)22-27-13-12-26(3,36-27)20(25(34)35)19(27)23(32)30(22)15-7-5-6-8-16-31/h4,9-11,19-20,22,31H,1,5-8,12-16H2,2-3H3,(H,34,35)/t19-,20+,22?,26-,27?/m0/s1. The lowest BCUT2D eigenvalue weighted by Crippen LogP contribution is -2.55. The van der Waals surface area contributed by atoms with Crippen molar-refractivity contribution < 1.29 is 24.6 Å². The van der Waals surface area contributed by atoms with Crippen LogP contribution in [-0.2, 0) is 14.4 Å². The number of fused-ring (bicyclic) bond motifs is 1. The first-order valence-electron chi connectivity index (χ1n) is 12.6. The highest BCUT2D eigenvalue weighted by molar-refractivity contribution is 8.02. The van der Waals surface area contributed by atoms with Gasteiger partial charge in [0.2, 0.25) is 5.91 Å². The number of amides is 2. The quantitative estimate of drug-likeness (QED) is 0.325. The summed E-state index contributed by atoms with van der Waals surface area (Å²) in [5.74, 6) is -2.99. The first-order valence-corrected chi connectivity index (χ1v) is 13.8. The largest absolute Gasteiger partial charge is 0.481 e. The van der Waals surface area contributed by atoms with E-state index in [-0.39, 0.29) is 25.0 Å². The number of aliphatic hydroxyl groups is 1. The number of aliphatic carboxylic acids is 1. The van der Waals surface area contributed by atoms with Gasteiger partial charge < -0.3 is 20.0 Å². The number of unbranched alkanes of at least 4 members (excludes halogenated alkanes) is 3. The fraction of sp³-hybridized carbons (Fsp3) is 0.593. The van der Waals surface area contributed by atoms with Crippen molar-refractivity contribution in [1.29, 1.82) is 0 Å². The maximum atomic E-state index is 14.5. The summed E-state index contributed by atoms with van der Waals surface area (Å²) in [5.41, 5.74) is 1.43. The van der Waals surface area contributed by atoms with Gasteiger partial charge in [0.15, 0.2) is 0 Å². The van der Waals surface area contributed by atoms with E-state index in [1.807, 2.05) is 26.0 Å². The van der Waals surface area contributed by atoms with Crippen LogP contribution in [0.2, 0.25) is 5.02 Å². The number of benzene rings is 1. The summed E-state index contributed by atoms with van der Waals surface area (Å²) in [7, 11) is 0. The van der Waals surface area contributed by atoms with Crippen LogP contribution in [0.15, 0.2) is 30.9 Å². The number of halogens is 1. The Morgan fingerprint density at radius 3 is 2.64 bits per heavy atom. The van der Waals surface area contributed by atoms with Crippen molar-refractivity contribution >= 4 is 46.8 Å². The molecule has 0 saturated carbocycles. The number of rotatable bonds is 11. The molecule has 2 amide bonds. The zero-order chi connectivity index (χ0) is 26.3. The Morgan fingerprint density at radius 1 is 1.28 bits per heavy atom. The lowest BCUT2D eigenvalue weighted by Gasteiger charge is -2.37. The molecule has 36 heavy (non-hydrogen) atoms. The van der Waals surface area contributed by atoms with Gasteiger partial charge in [0.25, 0.3) is 5.91 Å². The number of thioether (sulfide) groups is 1. The molecule has 9 heteroatoms. The average molecular weight is 535 g/mol. The fourth-order valence-corrected chi connectivity index (χ4v) is 9.27. The molecule has 196 valence electrons. The number of carbonyl (C=O) groups excluding carboxylic acids is 2. The Morgan fingerprint density at radius 2 is 2.00 bits per heavy atom. The molecule has 1 aromatic rings. The highest BCUT2D eigenvalue weighted by atomic mass is 35.5. The van der Waals surface area contributed by atoms with Crippen LogP contribution in [0.25, 0.3) is 0 Å². The highest BCUT2D eigenvalue weighted by Gasteiger charge is 2.77. The van der Waals surface area contributed by atoms with Crippen LogP contribution in [0.1, 0.15) is 51.0 Å². The van der Waals surface area contributed by atoms with E-state index in [9.17, 15) is 19.5 Å². The second kappa shape index (κ2) is 10.4. The zero-order valence-electron chi connectivity index (χ0n) is 20.9. The molecule has 3 aliphatic rings. The Balaban J connectivity index is 1.76. The number of anilines is 1. The topological polar surface area (TPSA) is 98.2 Å². The van der Waals surface area contributed by atoms with Crippen LogP contribution in [0.4, 0.5) is 5.69 Å². The van der Waals surface area contributed by atoms with E-state index in [0.717, 1.165) is 18.4 Å². The number of carbonyl (C=O) groups is 3. The van der Waals surface area contributed by atoms with E-state index in [4.69, 9.17) is 16.7 Å². The van der Waals surface area contributed by atoms with Crippen molar-refractivity contribution in [1.82, 2.24) is 4.90 Å². The fourth-order valence-electron chi connectivity index (χ4n) is 6.60. The number of likely N-dealkylation sites (tertiary alicyclic amines) is 1. The number of carboxylic acids is 1. The molecule has 4 rings (SSSR count). The van der Waals surface area contributed by atoms with E-state index >= 15 is 0 Å². The van der Waals surface area contributed by atoms with Crippen molar-refractivity contribution in [3.63, 3.8) is 0 Å². The molecule has 2 bridgehead atoms. The second-order valence-electron chi connectivity index (χ2n) is 10.4. The van der Waals surface area contributed by atoms with Crippen LogP contribution in [0.3, 0.4) is 0 Å². The number of nitrogens with zero attached hydrogens (tertiary/aromatic N) is 2. The van der Waals surface area contributed by atoms with Crippen molar-refractivity contribution in [3.8, 4) is 0 Å². The third-order valence-electron chi connectivity index (χ3n) is 8.12. The van der Waals surface area contributed by atoms with Crippen LogP contribution >= 0.6 is 23.4 Å². The lowest BCUT2D eigenvalue weighted by molar-refractivity contribution is -0.150. The van der Waals surface area contributed by atoms with Crippen LogP contribution in [-0.4, -0.2) is 68.1 Å². The highest BCUT2D eigenvalue weighted by Crippen LogP contribution is 2.71. The molecule has 3 saturated heterocycles. The summed E-state index contributed by atoms with van der Waals surface area (Å²) in [4.78, 5) is 44.1. The molecule has 7 nitrogen and oxygen atoms in total. The predicted molar refractivity (Wildman–Crippen MR) is 142 cm³/mol. The van der Waals surface area contributed by atoms with Gasteiger partial charge in [-0.05, 0) is 51.2 Å². The molecule has 2 unspecified atom stereocenters. The molecule has 2 N–H and O–H groups in total. The monoisotopic (exact) mass is 534 g/mol. The van der Waals surface area contributed by atoms with Crippen LogP contribution in [0, 0.1) is 18.8 Å². The van der Waals surface area contributed by atoms with Crippen molar-refractivity contribution in [2.45, 2.75) is 67.9 Å². The summed E-state index contributed by atoms with van der Waals surface area (Å²) < 4.78 is -1.37. The van der Waals surface area contributed by atoms with E-state index in [1.165, 1.54) is 11.8 Å². The third kappa shape index (κ3) is 4.25. The second-order valence-corrected chi connectivity index (χ2v) is 12.7. The van der Waals surface area contributed by atoms with Crippen molar-refractivity contribution in [2.24, 2.45) is 11.8 Å². The summed E-state index contributed by atoms with van der Waals surface area (Å²) in [6.45, 7) is 8.39. The van der Waals surface area contributed by atoms with E-state index in [2.05, 4.69) is 6.58 Å². The minimum absolute atomic E-state index is 0.123. The minimum Gasteiger partial charge on any atom is -0.481 e. The maximum Gasteiger partial charge on any atom is 0.308 e. The average Bonchev–Trinajstić information content (AvgIpc) is 3.38. The van der Waals surface area contributed by atoms with Crippen molar-refractivity contribution in [2.75, 3.05) is 24.6 Å². The number of carboxylic acid groups (broad SMARTS) is 1. The molecule has 3 fully saturated rings.